The lowest BCUT2D eigenvalue weighted by Gasteiger charge is -2.28. The standard InChI is InChI=1S/C28H30N8/c1-2-10-36(11-3-1)25-17-30-16-24-27(25)32-28(31-24)26-22-13-20(6-7-23(22)33-34-26)21-12-19(14-29-15-21)18-35-8-4-5-9-35/h6-7,12-17H,1-5,8-11,18H2,(H,31,32)(H,33,34). The Hall–Kier alpha value is -3.78. The molecule has 0 saturated carbocycles. The van der Waals surface area contributed by atoms with Crippen molar-refractivity contribution in [2.24, 2.45) is 0 Å². The Morgan fingerprint density at radius 3 is 2.50 bits per heavy atom. The summed E-state index contributed by atoms with van der Waals surface area (Å²) in [5, 5.41) is 8.88. The number of anilines is 1. The highest BCUT2D eigenvalue weighted by atomic mass is 15.2. The van der Waals surface area contributed by atoms with Crippen molar-refractivity contribution in [2.75, 3.05) is 31.1 Å². The van der Waals surface area contributed by atoms with Gasteiger partial charge in [0.15, 0.2) is 5.82 Å². The second-order valence-corrected chi connectivity index (χ2v) is 10.1. The molecule has 5 aromatic rings. The third kappa shape index (κ3) is 3.91. The van der Waals surface area contributed by atoms with Crippen LogP contribution < -0.4 is 4.90 Å². The van der Waals surface area contributed by atoms with Gasteiger partial charge >= 0.3 is 0 Å². The van der Waals surface area contributed by atoms with Gasteiger partial charge in [0.05, 0.1) is 29.1 Å². The van der Waals surface area contributed by atoms with Crippen molar-refractivity contribution in [2.45, 2.75) is 38.6 Å². The number of nitrogens with one attached hydrogen (secondary N) is 2. The monoisotopic (exact) mass is 478 g/mol. The number of piperidine rings is 1. The molecule has 7 rings (SSSR count). The van der Waals surface area contributed by atoms with Crippen LogP contribution in [0.3, 0.4) is 0 Å². The second kappa shape index (κ2) is 9.02. The van der Waals surface area contributed by atoms with E-state index in [0.717, 1.165) is 69.9 Å². The molecule has 2 aliphatic heterocycles. The van der Waals surface area contributed by atoms with Crippen molar-refractivity contribution in [1.82, 2.24) is 35.0 Å². The molecule has 0 aliphatic carbocycles. The second-order valence-electron chi connectivity index (χ2n) is 10.1. The quantitative estimate of drug-likeness (QED) is 0.363. The number of hydrogen-bond acceptors (Lipinski definition) is 6. The van der Waals surface area contributed by atoms with Crippen LogP contribution in [0, 0.1) is 0 Å². The molecular formula is C28H30N8. The van der Waals surface area contributed by atoms with E-state index >= 15 is 0 Å². The number of benzene rings is 1. The Balaban J connectivity index is 1.25. The molecule has 0 radical (unpaired) electrons. The molecule has 0 bridgehead atoms. The number of pyridine rings is 2. The molecule has 2 aliphatic rings. The first-order valence-corrected chi connectivity index (χ1v) is 13.1. The van der Waals surface area contributed by atoms with Crippen molar-refractivity contribution in [3.8, 4) is 22.6 Å². The van der Waals surface area contributed by atoms with Gasteiger partial charge in [0.2, 0.25) is 0 Å². The van der Waals surface area contributed by atoms with Crippen LogP contribution in [0.15, 0.2) is 49.1 Å². The molecule has 0 atom stereocenters. The zero-order valence-corrected chi connectivity index (χ0v) is 20.4. The number of fused-ring (bicyclic) bond motifs is 2. The first-order chi connectivity index (χ1) is 17.8. The predicted molar refractivity (Wildman–Crippen MR) is 143 cm³/mol. The molecule has 1 aromatic carbocycles. The molecule has 6 heterocycles. The van der Waals surface area contributed by atoms with E-state index in [-0.39, 0.29) is 0 Å². The molecule has 2 N–H and O–H groups in total. The maximum absolute atomic E-state index is 5.02. The van der Waals surface area contributed by atoms with Crippen molar-refractivity contribution >= 4 is 27.6 Å². The van der Waals surface area contributed by atoms with Gasteiger partial charge in [-0.05, 0) is 74.5 Å². The Bertz CT molecular complexity index is 1520. The van der Waals surface area contributed by atoms with Gasteiger partial charge in [-0.2, -0.15) is 5.10 Å². The van der Waals surface area contributed by atoms with Crippen LogP contribution in [0.4, 0.5) is 5.69 Å². The highest BCUT2D eigenvalue weighted by Gasteiger charge is 2.19. The summed E-state index contributed by atoms with van der Waals surface area (Å²) < 4.78 is 0. The van der Waals surface area contributed by atoms with Gasteiger partial charge < -0.3 is 9.88 Å². The fourth-order valence-electron chi connectivity index (χ4n) is 5.70. The van der Waals surface area contributed by atoms with Crippen molar-refractivity contribution in [3.05, 3.63) is 54.6 Å². The fraction of sp³-hybridized carbons (Fsp3) is 0.357. The molecule has 0 spiro atoms. The number of imidazole rings is 1. The van der Waals surface area contributed by atoms with Crippen molar-refractivity contribution < 1.29 is 0 Å². The summed E-state index contributed by atoms with van der Waals surface area (Å²) in [5.41, 5.74) is 8.36. The van der Waals surface area contributed by atoms with Crippen LogP contribution >= 0.6 is 0 Å². The van der Waals surface area contributed by atoms with E-state index in [1.807, 2.05) is 24.8 Å². The van der Waals surface area contributed by atoms with Gasteiger partial charge in [-0.3, -0.25) is 20.0 Å². The van der Waals surface area contributed by atoms with Crippen LogP contribution in [-0.2, 0) is 6.54 Å². The lowest BCUT2D eigenvalue weighted by atomic mass is 10.0. The first kappa shape index (κ1) is 21.5. The van der Waals surface area contributed by atoms with Crippen molar-refractivity contribution in [3.63, 3.8) is 0 Å². The number of aromatic amines is 2. The summed E-state index contributed by atoms with van der Waals surface area (Å²) in [4.78, 5) is 22.5. The molecule has 36 heavy (non-hydrogen) atoms. The van der Waals surface area contributed by atoms with Gasteiger partial charge in [0.1, 0.15) is 11.2 Å². The zero-order valence-electron chi connectivity index (χ0n) is 20.4. The molecule has 0 unspecified atom stereocenters. The molecule has 2 fully saturated rings. The highest BCUT2D eigenvalue weighted by Crippen LogP contribution is 2.33. The number of H-pyrrole nitrogens is 2. The summed E-state index contributed by atoms with van der Waals surface area (Å²) in [7, 11) is 0. The predicted octanol–water partition coefficient (Wildman–Crippen LogP) is 5.15. The Morgan fingerprint density at radius 1 is 0.778 bits per heavy atom. The topological polar surface area (TPSA) is 89.6 Å². The Kier molecular flexibility index (Phi) is 5.39. The average Bonchev–Trinajstić information content (AvgIpc) is 3.68. The highest BCUT2D eigenvalue weighted by molar-refractivity contribution is 5.97. The fourth-order valence-corrected chi connectivity index (χ4v) is 5.70. The zero-order chi connectivity index (χ0) is 23.9. The van der Waals surface area contributed by atoms with Crippen LogP contribution in [0.1, 0.15) is 37.7 Å². The molecule has 2 saturated heterocycles. The lowest BCUT2D eigenvalue weighted by Crippen LogP contribution is -2.29. The lowest BCUT2D eigenvalue weighted by molar-refractivity contribution is 0.331. The van der Waals surface area contributed by atoms with Crippen LogP contribution in [0.25, 0.3) is 44.6 Å². The molecule has 0 amide bonds. The summed E-state index contributed by atoms with van der Waals surface area (Å²) in [5.74, 6) is 0.764. The largest absolute Gasteiger partial charge is 0.368 e. The van der Waals surface area contributed by atoms with E-state index in [1.54, 1.807) is 0 Å². The maximum Gasteiger partial charge on any atom is 0.159 e. The first-order valence-electron chi connectivity index (χ1n) is 13.1. The number of rotatable bonds is 5. The number of nitrogens with zero attached hydrogens (tertiary/aromatic N) is 6. The normalized spacial score (nSPS) is 16.9. The van der Waals surface area contributed by atoms with E-state index in [4.69, 9.17) is 4.98 Å². The van der Waals surface area contributed by atoms with Gasteiger partial charge in [-0.15, -0.1) is 0 Å². The Labute approximate surface area is 209 Å². The summed E-state index contributed by atoms with van der Waals surface area (Å²) in [6, 6.07) is 8.70. The van der Waals surface area contributed by atoms with E-state index in [9.17, 15) is 0 Å². The van der Waals surface area contributed by atoms with Gasteiger partial charge in [0, 0.05) is 43.0 Å². The van der Waals surface area contributed by atoms with Gasteiger partial charge in [-0.25, -0.2) is 4.98 Å². The molecule has 182 valence electrons. The minimum atomic E-state index is 0.764. The van der Waals surface area contributed by atoms with Crippen molar-refractivity contribution in [1.29, 1.82) is 0 Å². The smallest absolute Gasteiger partial charge is 0.159 e. The van der Waals surface area contributed by atoms with E-state index in [0.29, 0.717) is 0 Å². The maximum atomic E-state index is 5.02. The van der Waals surface area contributed by atoms with E-state index < -0.39 is 0 Å². The Morgan fingerprint density at radius 2 is 1.61 bits per heavy atom. The molecule has 4 aromatic heterocycles. The van der Waals surface area contributed by atoms with Gasteiger partial charge in [0.25, 0.3) is 0 Å². The summed E-state index contributed by atoms with van der Waals surface area (Å²) in [6.45, 7) is 5.44. The van der Waals surface area contributed by atoms with Crippen LogP contribution in [-0.4, -0.2) is 61.2 Å². The summed E-state index contributed by atoms with van der Waals surface area (Å²) >= 11 is 0. The number of aromatic nitrogens is 6. The minimum absolute atomic E-state index is 0.764. The van der Waals surface area contributed by atoms with Crippen LogP contribution in [0.2, 0.25) is 0 Å². The van der Waals surface area contributed by atoms with Gasteiger partial charge in [-0.1, -0.05) is 6.07 Å². The minimum Gasteiger partial charge on any atom is -0.368 e. The van der Waals surface area contributed by atoms with Crippen LogP contribution in [0.5, 0.6) is 0 Å². The number of hydrogen-bond donors (Lipinski definition) is 2. The van der Waals surface area contributed by atoms with E-state index in [1.165, 1.54) is 50.8 Å². The number of likely N-dealkylation sites (tertiary alicyclic amines) is 1. The third-order valence-electron chi connectivity index (χ3n) is 7.59. The molecule has 8 heteroatoms. The summed E-state index contributed by atoms with van der Waals surface area (Å²) in [6.07, 6.45) is 14.1. The average molecular weight is 479 g/mol. The SMILES string of the molecule is c1ncc(-c2ccc3[nH]nc(-c4nc5c(N6CCCCC6)cncc5[nH]4)c3c2)cc1CN1CCCC1. The molecular weight excluding hydrogens is 448 g/mol. The third-order valence-corrected chi connectivity index (χ3v) is 7.59. The van der Waals surface area contributed by atoms with E-state index in [2.05, 4.69) is 59.2 Å². The molecule has 8 nitrogen and oxygen atoms in total.